The first-order valence-corrected chi connectivity index (χ1v) is 6.80. The Kier molecular flexibility index (Phi) is 5.23. The van der Waals surface area contributed by atoms with Gasteiger partial charge in [0.25, 0.3) is 0 Å². The van der Waals surface area contributed by atoms with E-state index in [0.717, 1.165) is 19.3 Å². The van der Waals surface area contributed by atoms with Gasteiger partial charge in [-0.05, 0) is 34.1 Å². The van der Waals surface area contributed by atoms with Gasteiger partial charge in [-0.1, -0.05) is 19.8 Å². The molecule has 5 heteroatoms. The average molecular weight is 256 g/mol. The van der Waals surface area contributed by atoms with Crippen LogP contribution in [0.2, 0.25) is 0 Å². The number of esters is 1. The molecule has 0 aliphatic carbocycles. The van der Waals surface area contributed by atoms with E-state index >= 15 is 0 Å². The van der Waals surface area contributed by atoms with Gasteiger partial charge in [0.15, 0.2) is 0 Å². The van der Waals surface area contributed by atoms with Crippen LogP contribution >= 0.6 is 0 Å². The van der Waals surface area contributed by atoms with Crippen LogP contribution in [-0.2, 0) is 18.8 Å². The molecule has 4 nitrogen and oxygen atoms in total. The van der Waals surface area contributed by atoms with E-state index in [1.54, 1.807) is 0 Å². The SMILES string of the molecule is CCCCCC(=O)OCB1OC(C)(C)C(C)(C)O1. The summed E-state index contributed by atoms with van der Waals surface area (Å²) < 4.78 is 16.7. The maximum atomic E-state index is 11.5. The topological polar surface area (TPSA) is 44.8 Å². The Morgan fingerprint density at radius 2 is 1.67 bits per heavy atom. The Labute approximate surface area is 111 Å². The maximum absolute atomic E-state index is 11.5. The number of rotatable bonds is 6. The van der Waals surface area contributed by atoms with E-state index in [2.05, 4.69) is 6.92 Å². The van der Waals surface area contributed by atoms with Gasteiger partial charge in [-0.15, -0.1) is 0 Å². The van der Waals surface area contributed by atoms with E-state index in [1.807, 2.05) is 27.7 Å². The summed E-state index contributed by atoms with van der Waals surface area (Å²) in [6.45, 7) is 10.2. The predicted molar refractivity (Wildman–Crippen MR) is 71.2 cm³/mol. The summed E-state index contributed by atoms with van der Waals surface area (Å²) in [6, 6.07) is 0. The van der Waals surface area contributed by atoms with Crippen molar-refractivity contribution in [2.75, 3.05) is 6.51 Å². The van der Waals surface area contributed by atoms with Gasteiger partial charge in [0.05, 0.1) is 11.2 Å². The lowest BCUT2D eigenvalue weighted by Gasteiger charge is -2.32. The van der Waals surface area contributed by atoms with Crippen molar-refractivity contribution in [3.05, 3.63) is 0 Å². The van der Waals surface area contributed by atoms with Crippen LogP contribution in [0.3, 0.4) is 0 Å². The van der Waals surface area contributed by atoms with Crippen molar-refractivity contribution in [3.8, 4) is 0 Å². The minimum Gasteiger partial charge on any atom is -0.468 e. The molecule has 0 amide bonds. The van der Waals surface area contributed by atoms with Crippen LogP contribution in [0, 0.1) is 0 Å². The number of hydrogen-bond acceptors (Lipinski definition) is 4. The zero-order valence-electron chi connectivity index (χ0n) is 12.2. The molecule has 0 unspecified atom stereocenters. The van der Waals surface area contributed by atoms with Crippen LogP contribution in [0.1, 0.15) is 60.3 Å². The fourth-order valence-electron chi connectivity index (χ4n) is 1.79. The molecular weight excluding hydrogens is 231 g/mol. The van der Waals surface area contributed by atoms with Crippen molar-refractivity contribution in [2.24, 2.45) is 0 Å². The monoisotopic (exact) mass is 256 g/mol. The Morgan fingerprint density at radius 1 is 1.11 bits per heavy atom. The highest BCUT2D eigenvalue weighted by Crippen LogP contribution is 2.36. The molecule has 1 rings (SSSR count). The highest BCUT2D eigenvalue weighted by molar-refractivity contribution is 6.45. The first-order chi connectivity index (χ1) is 8.28. The van der Waals surface area contributed by atoms with Gasteiger partial charge in [0, 0.05) is 6.42 Å². The van der Waals surface area contributed by atoms with Crippen molar-refractivity contribution in [3.63, 3.8) is 0 Å². The van der Waals surface area contributed by atoms with E-state index in [1.165, 1.54) is 0 Å². The molecule has 1 fully saturated rings. The van der Waals surface area contributed by atoms with Gasteiger partial charge in [-0.25, -0.2) is 0 Å². The van der Waals surface area contributed by atoms with Crippen LogP contribution in [0.4, 0.5) is 0 Å². The molecule has 0 bridgehead atoms. The molecule has 0 aromatic rings. The summed E-state index contributed by atoms with van der Waals surface area (Å²) in [4.78, 5) is 11.5. The fourth-order valence-corrected chi connectivity index (χ4v) is 1.79. The molecule has 1 aliphatic heterocycles. The third-order valence-corrected chi connectivity index (χ3v) is 3.67. The van der Waals surface area contributed by atoms with Crippen molar-refractivity contribution in [1.29, 1.82) is 0 Å². The first kappa shape index (κ1) is 15.5. The Morgan fingerprint density at radius 3 is 2.17 bits per heavy atom. The minimum atomic E-state index is -0.454. The van der Waals surface area contributed by atoms with E-state index in [-0.39, 0.29) is 23.7 Å². The lowest BCUT2D eigenvalue weighted by Crippen LogP contribution is -2.41. The van der Waals surface area contributed by atoms with E-state index in [9.17, 15) is 4.79 Å². The Bertz CT molecular complexity index is 273. The molecule has 0 saturated carbocycles. The normalized spacial score (nSPS) is 21.1. The van der Waals surface area contributed by atoms with Crippen molar-refractivity contribution in [2.45, 2.75) is 71.5 Å². The van der Waals surface area contributed by atoms with Crippen LogP contribution in [0.15, 0.2) is 0 Å². The smallest absolute Gasteiger partial charge is 0.468 e. The molecule has 0 aromatic carbocycles. The number of unbranched alkanes of at least 4 members (excludes halogenated alkanes) is 2. The van der Waals surface area contributed by atoms with E-state index in [4.69, 9.17) is 14.0 Å². The zero-order valence-corrected chi connectivity index (χ0v) is 12.2. The molecule has 1 heterocycles. The van der Waals surface area contributed by atoms with Gasteiger partial charge in [-0.2, -0.15) is 0 Å². The number of hydrogen-bond donors (Lipinski definition) is 0. The Balaban J connectivity index is 2.27. The largest absolute Gasteiger partial charge is 0.498 e. The van der Waals surface area contributed by atoms with Gasteiger partial charge >= 0.3 is 13.1 Å². The van der Waals surface area contributed by atoms with Gasteiger partial charge in [0.2, 0.25) is 0 Å². The summed E-state index contributed by atoms with van der Waals surface area (Å²) in [5, 5.41) is 0. The predicted octanol–water partition coefficient (Wildman–Crippen LogP) is 2.74. The molecule has 1 aliphatic rings. The van der Waals surface area contributed by atoms with Crippen molar-refractivity contribution in [1.82, 2.24) is 0 Å². The lowest BCUT2D eigenvalue weighted by atomic mass is 9.90. The van der Waals surface area contributed by atoms with E-state index in [0.29, 0.717) is 6.42 Å². The van der Waals surface area contributed by atoms with Gasteiger partial charge < -0.3 is 14.0 Å². The molecule has 104 valence electrons. The average Bonchev–Trinajstić information content (AvgIpc) is 2.45. The molecular formula is C13H25BO4. The summed E-state index contributed by atoms with van der Waals surface area (Å²) >= 11 is 0. The quantitative estimate of drug-likeness (QED) is 0.416. The fraction of sp³-hybridized carbons (Fsp3) is 0.923. The molecule has 0 N–H and O–H groups in total. The van der Waals surface area contributed by atoms with Crippen LogP contribution in [-0.4, -0.2) is 30.8 Å². The van der Waals surface area contributed by atoms with Crippen LogP contribution in [0.25, 0.3) is 0 Å². The second kappa shape index (κ2) is 6.07. The highest BCUT2D eigenvalue weighted by Gasteiger charge is 2.51. The lowest BCUT2D eigenvalue weighted by molar-refractivity contribution is -0.142. The van der Waals surface area contributed by atoms with Gasteiger partial charge in [0.1, 0.15) is 6.51 Å². The molecule has 18 heavy (non-hydrogen) atoms. The summed E-state index contributed by atoms with van der Waals surface area (Å²) in [5.41, 5.74) is -0.738. The second-order valence-electron chi connectivity index (χ2n) is 5.83. The molecule has 0 aromatic heterocycles. The van der Waals surface area contributed by atoms with E-state index < -0.39 is 7.12 Å². The summed E-state index contributed by atoms with van der Waals surface area (Å²) in [7, 11) is -0.454. The standard InChI is InChI=1S/C13H25BO4/c1-6-7-8-9-11(15)16-10-14-17-12(2,3)13(4,5)18-14/h6-10H2,1-5H3. The summed E-state index contributed by atoms with van der Waals surface area (Å²) in [6.07, 6.45) is 3.53. The minimum absolute atomic E-state index is 0.168. The molecule has 1 saturated heterocycles. The molecule has 0 atom stereocenters. The van der Waals surface area contributed by atoms with Gasteiger partial charge in [-0.3, -0.25) is 4.79 Å². The third-order valence-electron chi connectivity index (χ3n) is 3.67. The molecule has 0 radical (unpaired) electrons. The Hall–Kier alpha value is -0.545. The molecule has 0 spiro atoms. The van der Waals surface area contributed by atoms with Crippen LogP contribution in [0.5, 0.6) is 0 Å². The van der Waals surface area contributed by atoms with Crippen molar-refractivity contribution < 1.29 is 18.8 Å². The van der Waals surface area contributed by atoms with Crippen molar-refractivity contribution >= 4 is 13.1 Å². The number of carbonyl (C=O) groups is 1. The second-order valence-corrected chi connectivity index (χ2v) is 5.83. The maximum Gasteiger partial charge on any atom is 0.498 e. The number of carbonyl (C=O) groups excluding carboxylic acids is 1. The number of ether oxygens (including phenoxy) is 1. The third kappa shape index (κ3) is 3.99. The summed E-state index contributed by atoms with van der Waals surface area (Å²) in [5.74, 6) is -0.168. The zero-order chi connectivity index (χ0) is 13.8. The van der Waals surface area contributed by atoms with Crippen LogP contribution < -0.4 is 0 Å². The first-order valence-electron chi connectivity index (χ1n) is 6.80. The highest BCUT2D eigenvalue weighted by atomic mass is 16.7.